The van der Waals surface area contributed by atoms with Crippen LogP contribution in [0.4, 0.5) is 5.69 Å². The predicted octanol–water partition coefficient (Wildman–Crippen LogP) is 2.93. The number of carbonyl (C=O) groups is 1. The maximum Gasteiger partial charge on any atom is 1.00 e. The van der Waals surface area contributed by atoms with E-state index in [2.05, 4.69) is 23.8 Å². The molecule has 0 fully saturated rings. The first-order valence-corrected chi connectivity index (χ1v) is 12.7. The van der Waals surface area contributed by atoms with Gasteiger partial charge < -0.3 is 10.0 Å². The van der Waals surface area contributed by atoms with Gasteiger partial charge in [0.25, 0.3) is 5.91 Å². The quantitative estimate of drug-likeness (QED) is 0.174. The molecule has 1 aromatic rings. The van der Waals surface area contributed by atoms with Crippen molar-refractivity contribution in [2.24, 2.45) is 5.10 Å². The summed E-state index contributed by atoms with van der Waals surface area (Å²) in [5.74, 6) is 0.224. The van der Waals surface area contributed by atoms with Crippen molar-refractivity contribution in [2.75, 3.05) is 18.1 Å². The van der Waals surface area contributed by atoms with Gasteiger partial charge in [-0.05, 0) is 31.9 Å². The number of rotatable bonds is 15. The molecule has 178 valence electrons. The van der Waals surface area contributed by atoms with Crippen molar-refractivity contribution < 1.29 is 39.5 Å². The zero-order chi connectivity index (χ0) is 23.2. The van der Waals surface area contributed by atoms with Crippen LogP contribution in [0.25, 0.3) is 0 Å². The van der Waals surface area contributed by atoms with Gasteiger partial charge in [0, 0.05) is 13.1 Å². The van der Waals surface area contributed by atoms with Gasteiger partial charge >= 0.3 is 29.6 Å². The second-order valence-corrected chi connectivity index (χ2v) is 8.93. The van der Waals surface area contributed by atoms with Gasteiger partial charge in [-0.15, -0.1) is 11.4 Å². The van der Waals surface area contributed by atoms with Gasteiger partial charge in [0.05, 0.1) is 11.3 Å². The van der Waals surface area contributed by atoms with Crippen molar-refractivity contribution in [2.45, 2.75) is 97.8 Å². The van der Waals surface area contributed by atoms with Crippen LogP contribution in [0, 0.1) is 6.92 Å². The average molecular weight is 464 g/mol. The van der Waals surface area contributed by atoms with Crippen molar-refractivity contribution in [3.8, 4) is 0 Å². The summed E-state index contributed by atoms with van der Waals surface area (Å²) in [6.07, 6.45) is 15.3. The summed E-state index contributed by atoms with van der Waals surface area (Å²) >= 11 is 0. The first-order valence-electron chi connectivity index (χ1n) is 12.7. The maximum absolute atomic E-state index is 12.9. The van der Waals surface area contributed by atoms with Gasteiger partial charge in [-0.2, -0.15) is 5.01 Å². The number of benzene rings is 1. The fourth-order valence-corrected chi connectivity index (χ4v) is 4.09. The van der Waals surface area contributed by atoms with Gasteiger partial charge in [0.2, 0.25) is 0 Å². The molecule has 0 saturated carbocycles. The molecule has 0 radical (unpaired) electrons. The summed E-state index contributed by atoms with van der Waals surface area (Å²) in [5, 5.41) is 17.9. The van der Waals surface area contributed by atoms with Crippen LogP contribution >= 0.6 is 0 Å². The molecular formula is C27H42N3NaO2. The van der Waals surface area contributed by atoms with Gasteiger partial charge in [0.1, 0.15) is 0 Å². The Balaban J connectivity index is 0.00000544. The predicted molar refractivity (Wildman–Crippen MR) is 133 cm³/mol. The molecule has 0 bridgehead atoms. The third kappa shape index (κ3) is 9.84. The third-order valence-electron chi connectivity index (χ3n) is 6.12. The first kappa shape index (κ1) is 29.7. The molecule has 1 amide bonds. The molecule has 0 N–H and O–H groups in total. The summed E-state index contributed by atoms with van der Waals surface area (Å²) in [4.78, 5) is 15.1. The molecule has 0 atom stereocenters. The number of hydrazone groups is 1. The molecule has 1 heterocycles. The molecule has 6 heteroatoms. The van der Waals surface area contributed by atoms with Gasteiger partial charge in [-0.25, -0.2) is 0 Å². The van der Waals surface area contributed by atoms with E-state index < -0.39 is 0 Å². The topological polar surface area (TPSA) is 59.0 Å². The van der Waals surface area contributed by atoms with Crippen molar-refractivity contribution in [1.82, 2.24) is 4.90 Å². The molecule has 1 aliphatic rings. The van der Waals surface area contributed by atoms with Crippen molar-refractivity contribution in [3.63, 3.8) is 0 Å². The van der Waals surface area contributed by atoms with Gasteiger partial charge in [-0.3, -0.25) is 4.79 Å². The number of unbranched alkanes of at least 4 members (excludes halogenated alkanes) is 10. The first-order chi connectivity index (χ1) is 15.6. The van der Waals surface area contributed by atoms with E-state index in [1.54, 1.807) is 0 Å². The fourth-order valence-electron chi connectivity index (χ4n) is 4.09. The van der Waals surface area contributed by atoms with Crippen LogP contribution in [-0.2, 0) is 4.79 Å². The van der Waals surface area contributed by atoms with Crippen LogP contribution in [-0.4, -0.2) is 29.7 Å². The second kappa shape index (κ2) is 17.2. The molecule has 0 aromatic heterocycles. The Morgan fingerprint density at radius 2 is 1.33 bits per heavy atom. The van der Waals surface area contributed by atoms with Crippen molar-refractivity contribution in [3.05, 3.63) is 41.7 Å². The van der Waals surface area contributed by atoms with Crippen LogP contribution in [0.2, 0.25) is 0 Å². The van der Waals surface area contributed by atoms with Gasteiger partial charge in [0.15, 0.2) is 5.84 Å². The molecule has 0 aliphatic carbocycles. The monoisotopic (exact) mass is 463 g/mol. The summed E-state index contributed by atoms with van der Waals surface area (Å²) in [7, 11) is 0. The summed E-state index contributed by atoms with van der Waals surface area (Å²) in [6, 6.07) is 7.68. The number of nitrogens with zero attached hydrogens (tertiary/aromatic N) is 3. The van der Waals surface area contributed by atoms with E-state index in [-0.39, 0.29) is 41.0 Å². The van der Waals surface area contributed by atoms with E-state index in [4.69, 9.17) is 0 Å². The molecule has 1 aliphatic heterocycles. The fraction of sp³-hybridized carbons (Fsp3) is 0.630. The van der Waals surface area contributed by atoms with E-state index >= 15 is 0 Å². The number of carbonyl (C=O) groups excluding carboxylic acids is 1. The third-order valence-corrected chi connectivity index (χ3v) is 6.12. The number of hydrogen-bond acceptors (Lipinski definition) is 4. The summed E-state index contributed by atoms with van der Waals surface area (Å²) in [5.41, 5.74) is 2.01. The molecule has 2 rings (SSSR count). The molecule has 0 saturated heterocycles. The smallest absolute Gasteiger partial charge is 0.877 e. The Morgan fingerprint density at radius 1 is 0.848 bits per heavy atom. The molecule has 33 heavy (non-hydrogen) atoms. The Labute approximate surface area is 223 Å². The molecule has 1 aromatic carbocycles. The van der Waals surface area contributed by atoms with Gasteiger partial charge in [-0.1, -0.05) is 95.8 Å². The minimum atomic E-state index is -0.324. The van der Waals surface area contributed by atoms with E-state index in [0.29, 0.717) is 17.8 Å². The zero-order valence-corrected chi connectivity index (χ0v) is 23.4. The van der Waals surface area contributed by atoms with E-state index in [9.17, 15) is 9.90 Å². The molecule has 0 unspecified atom stereocenters. The SMILES string of the molecule is CCCCCCCCN(CCCCCCCC)C1=NN(c2ccc(C)cc2)C(=O)/C1=C/[O-].[Na+]. The number of amides is 1. The zero-order valence-electron chi connectivity index (χ0n) is 21.4. The van der Waals surface area contributed by atoms with Crippen LogP contribution in [0.15, 0.2) is 41.2 Å². The largest absolute Gasteiger partial charge is 1.00 e. The van der Waals surface area contributed by atoms with Crippen LogP contribution in [0.5, 0.6) is 0 Å². The molecule has 0 spiro atoms. The summed E-state index contributed by atoms with van der Waals surface area (Å²) in [6.45, 7) is 8.15. The Kier molecular flexibility index (Phi) is 15.5. The Hall–Kier alpha value is -1.30. The molecular weight excluding hydrogens is 421 g/mol. The Bertz CT molecular complexity index is 730. The number of hydrogen-bond donors (Lipinski definition) is 0. The van der Waals surface area contributed by atoms with E-state index in [1.807, 2.05) is 31.2 Å². The number of anilines is 1. The maximum atomic E-state index is 12.9. The van der Waals surface area contributed by atoms with E-state index in [0.717, 1.165) is 31.5 Å². The van der Waals surface area contributed by atoms with Crippen LogP contribution in [0.1, 0.15) is 96.5 Å². The standard InChI is InChI=1S/C27H43N3O2.Na/c1-4-6-8-10-12-14-20-29(21-15-13-11-9-7-5-2)26-25(22-31)27(32)30(28-26)24-18-16-23(3)17-19-24;/h16-19,22,31H,4-15,20-21H2,1-3H3;/q;+1/p-1/b25-22+;. The van der Waals surface area contributed by atoms with E-state index in [1.165, 1.54) is 69.2 Å². The number of aryl methyl sites for hydroxylation is 1. The molecule has 5 nitrogen and oxygen atoms in total. The van der Waals surface area contributed by atoms with Crippen molar-refractivity contribution in [1.29, 1.82) is 0 Å². The minimum absolute atomic E-state index is 0. The Morgan fingerprint density at radius 3 is 1.82 bits per heavy atom. The second-order valence-electron chi connectivity index (χ2n) is 8.93. The summed E-state index contributed by atoms with van der Waals surface area (Å²) < 4.78 is 0. The van der Waals surface area contributed by atoms with Crippen molar-refractivity contribution >= 4 is 17.4 Å². The normalized spacial score (nSPS) is 14.5. The van der Waals surface area contributed by atoms with Crippen LogP contribution in [0.3, 0.4) is 0 Å². The number of amidine groups is 1. The average Bonchev–Trinajstić information content (AvgIpc) is 3.13. The minimum Gasteiger partial charge on any atom is -0.877 e. The van der Waals surface area contributed by atoms with Crippen LogP contribution < -0.4 is 39.7 Å².